The third kappa shape index (κ3) is 7.08. The lowest BCUT2D eigenvalue weighted by atomic mass is 10.0. The van der Waals surface area contributed by atoms with Gasteiger partial charge in [0, 0.05) is 12.2 Å². The van der Waals surface area contributed by atoms with Crippen molar-refractivity contribution in [3.63, 3.8) is 0 Å². The summed E-state index contributed by atoms with van der Waals surface area (Å²) in [5.41, 5.74) is 3.50. The number of nitrogens with one attached hydrogen (secondary N) is 2. The summed E-state index contributed by atoms with van der Waals surface area (Å²) in [4.78, 5) is 25.5. The zero-order valence-corrected chi connectivity index (χ0v) is 22.3. The monoisotopic (exact) mass is 513 g/mol. The number of thioether (sulfide) groups is 1. The van der Waals surface area contributed by atoms with Crippen molar-refractivity contribution in [1.29, 1.82) is 0 Å². The highest BCUT2D eigenvalue weighted by atomic mass is 35.5. The van der Waals surface area contributed by atoms with Gasteiger partial charge in [-0.1, -0.05) is 55.4 Å². The van der Waals surface area contributed by atoms with Crippen LogP contribution in [0.2, 0.25) is 5.02 Å². The molecule has 3 rings (SSSR count). The Hall–Kier alpha value is -2.84. The lowest BCUT2D eigenvalue weighted by Gasteiger charge is -2.21. The summed E-state index contributed by atoms with van der Waals surface area (Å²) in [5, 5.41) is 15.8. The van der Waals surface area contributed by atoms with Gasteiger partial charge >= 0.3 is 0 Å². The predicted octanol–water partition coefficient (Wildman–Crippen LogP) is 5.82. The number of benzene rings is 2. The van der Waals surface area contributed by atoms with Crippen molar-refractivity contribution in [1.82, 2.24) is 20.1 Å². The molecule has 2 amide bonds. The first-order valence-corrected chi connectivity index (χ1v) is 13.0. The molecule has 0 aliphatic heterocycles. The molecule has 0 spiro atoms. The number of rotatable bonds is 10. The fraction of sp³-hybridized carbons (Fsp3) is 0.385. The Balaban J connectivity index is 1.73. The Kier molecular flexibility index (Phi) is 9.34. The predicted molar refractivity (Wildman–Crippen MR) is 142 cm³/mol. The standard InChI is InChI=1S/C26H32ClN5O2S/c1-6-32-24(22(13-16(2)3)29-25(34)20-9-7-8-10-21(20)27)30-31-26(32)35-15-23(33)28-19-12-11-17(4)18(5)14-19/h7-12,14,16,22H,6,13,15H2,1-5H3,(H,28,33)(H,29,34)/t22-/m1/s1. The van der Waals surface area contributed by atoms with Crippen LogP contribution in [0, 0.1) is 19.8 Å². The molecule has 1 aromatic heterocycles. The Morgan fingerprint density at radius 3 is 2.49 bits per heavy atom. The van der Waals surface area contributed by atoms with E-state index in [-0.39, 0.29) is 23.6 Å². The zero-order valence-electron chi connectivity index (χ0n) is 20.8. The molecule has 2 N–H and O–H groups in total. The minimum Gasteiger partial charge on any atom is -0.342 e. The highest BCUT2D eigenvalue weighted by molar-refractivity contribution is 7.99. The number of anilines is 1. The Labute approximate surface area is 216 Å². The maximum absolute atomic E-state index is 13.0. The molecule has 2 aromatic carbocycles. The molecular formula is C26H32ClN5O2S. The van der Waals surface area contributed by atoms with E-state index in [9.17, 15) is 9.59 Å². The second-order valence-electron chi connectivity index (χ2n) is 8.86. The number of hydrogen-bond donors (Lipinski definition) is 2. The highest BCUT2D eigenvalue weighted by Gasteiger charge is 2.25. The second-order valence-corrected chi connectivity index (χ2v) is 10.2. The topological polar surface area (TPSA) is 88.9 Å². The molecule has 3 aromatic rings. The van der Waals surface area contributed by atoms with E-state index in [2.05, 4.69) is 34.7 Å². The highest BCUT2D eigenvalue weighted by Crippen LogP contribution is 2.26. The Morgan fingerprint density at radius 1 is 1.09 bits per heavy atom. The van der Waals surface area contributed by atoms with Crippen LogP contribution < -0.4 is 10.6 Å². The maximum Gasteiger partial charge on any atom is 0.253 e. The van der Waals surface area contributed by atoms with Crippen LogP contribution in [0.4, 0.5) is 5.69 Å². The van der Waals surface area contributed by atoms with Crippen molar-refractivity contribution < 1.29 is 9.59 Å². The van der Waals surface area contributed by atoms with Crippen LogP contribution in [0.15, 0.2) is 47.6 Å². The maximum atomic E-state index is 13.0. The first kappa shape index (κ1) is 26.8. The third-order valence-electron chi connectivity index (χ3n) is 5.63. The summed E-state index contributed by atoms with van der Waals surface area (Å²) >= 11 is 7.55. The number of carbonyl (C=O) groups excluding carboxylic acids is 2. The van der Waals surface area contributed by atoms with Crippen LogP contribution in [-0.2, 0) is 11.3 Å². The van der Waals surface area contributed by atoms with Crippen molar-refractivity contribution in [3.8, 4) is 0 Å². The van der Waals surface area contributed by atoms with Gasteiger partial charge < -0.3 is 15.2 Å². The van der Waals surface area contributed by atoms with Crippen molar-refractivity contribution in [2.45, 2.75) is 58.8 Å². The average molecular weight is 514 g/mol. The van der Waals surface area contributed by atoms with Crippen molar-refractivity contribution in [3.05, 3.63) is 70.0 Å². The van der Waals surface area contributed by atoms with Crippen LogP contribution in [0.1, 0.15) is 60.5 Å². The summed E-state index contributed by atoms with van der Waals surface area (Å²) in [6, 6.07) is 12.5. The van der Waals surface area contributed by atoms with Crippen LogP contribution in [0.25, 0.3) is 0 Å². The molecule has 1 atom stereocenters. The first-order valence-electron chi connectivity index (χ1n) is 11.7. The van der Waals surface area contributed by atoms with Gasteiger partial charge in [0.2, 0.25) is 5.91 Å². The molecule has 9 heteroatoms. The van der Waals surface area contributed by atoms with Gasteiger partial charge in [0.1, 0.15) is 0 Å². The molecule has 7 nitrogen and oxygen atoms in total. The molecule has 0 radical (unpaired) electrons. The van der Waals surface area contributed by atoms with Gasteiger partial charge in [0.15, 0.2) is 11.0 Å². The normalized spacial score (nSPS) is 12.0. The SMILES string of the molecule is CCn1c(SCC(=O)Nc2ccc(C)c(C)c2)nnc1[C@@H](CC(C)C)NC(=O)c1ccccc1Cl. The van der Waals surface area contributed by atoms with E-state index in [0.717, 1.165) is 11.3 Å². The van der Waals surface area contributed by atoms with E-state index in [4.69, 9.17) is 11.6 Å². The number of hydrogen-bond acceptors (Lipinski definition) is 5. The largest absolute Gasteiger partial charge is 0.342 e. The van der Waals surface area contributed by atoms with Crippen LogP contribution >= 0.6 is 23.4 Å². The van der Waals surface area contributed by atoms with E-state index in [1.165, 1.54) is 17.3 Å². The van der Waals surface area contributed by atoms with E-state index < -0.39 is 0 Å². The van der Waals surface area contributed by atoms with E-state index >= 15 is 0 Å². The number of aromatic nitrogens is 3. The molecule has 35 heavy (non-hydrogen) atoms. The van der Waals surface area contributed by atoms with Crippen molar-refractivity contribution >= 4 is 40.9 Å². The lowest BCUT2D eigenvalue weighted by Crippen LogP contribution is -2.31. The molecule has 0 aliphatic carbocycles. The molecule has 1 heterocycles. The number of carbonyl (C=O) groups is 2. The summed E-state index contributed by atoms with van der Waals surface area (Å²) in [6.45, 7) is 10.8. The molecule has 0 saturated heterocycles. The van der Waals surface area contributed by atoms with E-state index in [1.54, 1.807) is 24.3 Å². The molecular weight excluding hydrogens is 482 g/mol. The van der Waals surface area contributed by atoms with Gasteiger partial charge in [-0.05, 0) is 68.5 Å². The van der Waals surface area contributed by atoms with Crippen molar-refractivity contribution in [2.75, 3.05) is 11.1 Å². The van der Waals surface area contributed by atoms with Crippen LogP contribution in [-0.4, -0.2) is 32.3 Å². The fourth-order valence-corrected chi connectivity index (χ4v) is 4.72. The summed E-state index contributed by atoms with van der Waals surface area (Å²) in [7, 11) is 0. The van der Waals surface area contributed by atoms with E-state index in [0.29, 0.717) is 40.5 Å². The summed E-state index contributed by atoms with van der Waals surface area (Å²) in [6.07, 6.45) is 0.687. The van der Waals surface area contributed by atoms with Gasteiger partial charge in [-0.25, -0.2) is 0 Å². The quantitative estimate of drug-likeness (QED) is 0.333. The number of nitrogens with zero attached hydrogens (tertiary/aromatic N) is 3. The fourth-order valence-electron chi connectivity index (χ4n) is 3.69. The smallest absolute Gasteiger partial charge is 0.253 e. The van der Waals surface area contributed by atoms with Gasteiger partial charge in [-0.3, -0.25) is 9.59 Å². The number of halogens is 1. The molecule has 186 valence electrons. The molecule has 0 saturated carbocycles. The Morgan fingerprint density at radius 2 is 1.83 bits per heavy atom. The van der Waals surface area contributed by atoms with Gasteiger partial charge in [0.05, 0.1) is 22.4 Å². The van der Waals surface area contributed by atoms with E-state index in [1.807, 2.05) is 43.5 Å². The lowest BCUT2D eigenvalue weighted by molar-refractivity contribution is -0.113. The number of amides is 2. The minimum atomic E-state index is -0.343. The Bertz CT molecular complexity index is 1190. The molecule has 0 bridgehead atoms. The number of aryl methyl sites for hydroxylation is 2. The zero-order chi connectivity index (χ0) is 25.5. The van der Waals surface area contributed by atoms with Gasteiger partial charge in [-0.2, -0.15) is 0 Å². The third-order valence-corrected chi connectivity index (χ3v) is 6.92. The first-order chi connectivity index (χ1) is 16.7. The molecule has 0 aliphatic rings. The molecule has 0 unspecified atom stereocenters. The van der Waals surface area contributed by atoms with Gasteiger partial charge in [0.25, 0.3) is 5.91 Å². The molecule has 0 fully saturated rings. The van der Waals surface area contributed by atoms with Crippen molar-refractivity contribution in [2.24, 2.45) is 5.92 Å². The van der Waals surface area contributed by atoms with Crippen LogP contribution in [0.5, 0.6) is 0 Å². The summed E-state index contributed by atoms with van der Waals surface area (Å²) < 4.78 is 1.95. The average Bonchev–Trinajstić information content (AvgIpc) is 3.22. The van der Waals surface area contributed by atoms with Crippen LogP contribution in [0.3, 0.4) is 0 Å². The summed E-state index contributed by atoms with van der Waals surface area (Å²) in [5.74, 6) is 0.809. The van der Waals surface area contributed by atoms with Gasteiger partial charge in [-0.15, -0.1) is 10.2 Å². The second kappa shape index (κ2) is 12.2. The minimum absolute atomic E-state index is 0.115.